The van der Waals surface area contributed by atoms with Crippen LogP contribution in [0.3, 0.4) is 0 Å². The van der Waals surface area contributed by atoms with Crippen LogP contribution in [0, 0.1) is 0 Å². The first-order chi connectivity index (χ1) is 9.72. The molecule has 0 bridgehead atoms. The fourth-order valence-electron chi connectivity index (χ4n) is 2.17. The number of halogens is 1. The zero-order valence-electron chi connectivity index (χ0n) is 10.8. The number of aryl methyl sites for hydroxylation is 1. The van der Waals surface area contributed by atoms with E-state index in [-0.39, 0.29) is 0 Å². The summed E-state index contributed by atoms with van der Waals surface area (Å²) in [5.74, 6) is 0.568. The van der Waals surface area contributed by atoms with Crippen molar-refractivity contribution in [2.24, 2.45) is 0 Å². The lowest BCUT2D eigenvalue weighted by molar-refractivity contribution is 0.142. The summed E-state index contributed by atoms with van der Waals surface area (Å²) >= 11 is 5.94. The second kappa shape index (κ2) is 5.65. The van der Waals surface area contributed by atoms with Gasteiger partial charge in [0.25, 0.3) is 0 Å². The zero-order chi connectivity index (χ0) is 13.9. The molecule has 3 nitrogen and oxygen atoms in total. The molecule has 0 aliphatic rings. The number of hydrogen-bond donors (Lipinski definition) is 1. The lowest BCUT2D eigenvalue weighted by Gasteiger charge is -2.06. The van der Waals surface area contributed by atoms with Gasteiger partial charge in [0.2, 0.25) is 0 Å². The molecule has 4 heteroatoms. The first kappa shape index (κ1) is 13.2. The number of benzene rings is 1. The van der Waals surface area contributed by atoms with Crippen LogP contribution in [0.1, 0.15) is 24.0 Å². The number of aliphatic hydroxyl groups excluding tert-OH is 1. The van der Waals surface area contributed by atoms with Crippen molar-refractivity contribution >= 4 is 22.6 Å². The maximum Gasteiger partial charge on any atom is 0.134 e. The highest BCUT2D eigenvalue weighted by molar-refractivity contribution is 6.31. The van der Waals surface area contributed by atoms with Crippen molar-refractivity contribution < 1.29 is 9.52 Å². The van der Waals surface area contributed by atoms with E-state index in [0.717, 1.165) is 16.7 Å². The molecule has 0 radical (unpaired) electrons. The molecule has 0 fully saturated rings. The van der Waals surface area contributed by atoms with Gasteiger partial charge in [-0.2, -0.15) is 0 Å². The van der Waals surface area contributed by atoms with Crippen LogP contribution in [-0.4, -0.2) is 10.1 Å². The van der Waals surface area contributed by atoms with Crippen LogP contribution in [0.2, 0.25) is 5.02 Å². The number of aliphatic hydroxyl groups is 1. The van der Waals surface area contributed by atoms with E-state index in [9.17, 15) is 5.11 Å². The van der Waals surface area contributed by atoms with Crippen molar-refractivity contribution in [3.63, 3.8) is 0 Å². The number of hydrogen-bond acceptors (Lipinski definition) is 3. The Balaban J connectivity index is 1.73. The first-order valence-corrected chi connectivity index (χ1v) is 6.87. The Kier molecular flexibility index (Phi) is 3.72. The summed E-state index contributed by atoms with van der Waals surface area (Å²) < 4.78 is 5.64. The van der Waals surface area contributed by atoms with Crippen LogP contribution >= 0.6 is 11.6 Å². The summed E-state index contributed by atoms with van der Waals surface area (Å²) in [6.45, 7) is 0. The highest BCUT2D eigenvalue weighted by atomic mass is 35.5. The molecule has 20 heavy (non-hydrogen) atoms. The molecule has 0 saturated heterocycles. The van der Waals surface area contributed by atoms with Gasteiger partial charge in [0.05, 0.1) is 0 Å². The molecule has 1 atom stereocenters. The molecule has 1 aromatic carbocycles. The van der Waals surface area contributed by atoms with E-state index >= 15 is 0 Å². The molecule has 3 aromatic rings. The summed E-state index contributed by atoms with van der Waals surface area (Å²) in [5, 5.41) is 11.8. The van der Waals surface area contributed by atoms with Crippen LogP contribution in [0.4, 0.5) is 0 Å². The standard InChI is InChI=1S/C16H14ClNO2/c17-12-4-7-15-11(9-12)10-16(20-15)14(19)6-5-13-3-1-2-8-18-13/h1-4,7-10,14,19H,5-6H2. The Morgan fingerprint density at radius 3 is 2.90 bits per heavy atom. The molecular formula is C16H14ClNO2. The van der Waals surface area contributed by atoms with Crippen molar-refractivity contribution in [2.75, 3.05) is 0 Å². The molecule has 1 unspecified atom stereocenters. The highest BCUT2D eigenvalue weighted by Crippen LogP contribution is 2.28. The number of nitrogens with zero attached hydrogens (tertiary/aromatic N) is 1. The Bertz CT molecular complexity index is 709. The average molecular weight is 288 g/mol. The maximum atomic E-state index is 10.2. The Morgan fingerprint density at radius 2 is 2.10 bits per heavy atom. The van der Waals surface area contributed by atoms with Crippen molar-refractivity contribution in [3.05, 3.63) is 65.1 Å². The van der Waals surface area contributed by atoms with E-state index in [1.165, 1.54) is 0 Å². The van der Waals surface area contributed by atoms with Crippen molar-refractivity contribution in [1.29, 1.82) is 0 Å². The predicted octanol–water partition coefficient (Wildman–Crippen LogP) is 4.15. The largest absolute Gasteiger partial charge is 0.458 e. The fraction of sp³-hybridized carbons (Fsp3) is 0.188. The average Bonchev–Trinajstić information content (AvgIpc) is 2.89. The fourth-order valence-corrected chi connectivity index (χ4v) is 2.35. The smallest absolute Gasteiger partial charge is 0.134 e. The lowest BCUT2D eigenvalue weighted by atomic mass is 10.1. The van der Waals surface area contributed by atoms with Gasteiger partial charge in [-0.15, -0.1) is 0 Å². The van der Waals surface area contributed by atoms with Gasteiger partial charge in [0.1, 0.15) is 17.4 Å². The minimum absolute atomic E-state index is 0.568. The van der Waals surface area contributed by atoms with Crippen LogP contribution in [0.5, 0.6) is 0 Å². The highest BCUT2D eigenvalue weighted by Gasteiger charge is 2.13. The third-order valence-electron chi connectivity index (χ3n) is 3.23. The molecule has 102 valence electrons. The quantitative estimate of drug-likeness (QED) is 0.784. The second-order valence-corrected chi connectivity index (χ2v) is 5.14. The normalized spacial score (nSPS) is 12.7. The van der Waals surface area contributed by atoms with Gasteiger partial charge in [-0.25, -0.2) is 0 Å². The van der Waals surface area contributed by atoms with Gasteiger partial charge in [-0.1, -0.05) is 17.7 Å². The van der Waals surface area contributed by atoms with Gasteiger partial charge in [0, 0.05) is 22.3 Å². The third kappa shape index (κ3) is 2.84. The van der Waals surface area contributed by atoms with Crippen molar-refractivity contribution in [3.8, 4) is 0 Å². The van der Waals surface area contributed by atoms with Gasteiger partial charge < -0.3 is 9.52 Å². The Labute approximate surface area is 121 Å². The second-order valence-electron chi connectivity index (χ2n) is 4.71. The van der Waals surface area contributed by atoms with Gasteiger partial charge in [-0.05, 0) is 49.2 Å². The first-order valence-electron chi connectivity index (χ1n) is 6.49. The number of rotatable bonds is 4. The molecule has 0 saturated carbocycles. The van der Waals surface area contributed by atoms with Crippen LogP contribution in [0.25, 0.3) is 11.0 Å². The molecule has 0 spiro atoms. The SMILES string of the molecule is OC(CCc1ccccn1)c1cc2cc(Cl)ccc2o1. The number of aromatic nitrogens is 1. The van der Waals surface area contributed by atoms with E-state index in [2.05, 4.69) is 4.98 Å². The zero-order valence-corrected chi connectivity index (χ0v) is 11.5. The minimum Gasteiger partial charge on any atom is -0.458 e. The van der Waals surface area contributed by atoms with E-state index in [1.54, 1.807) is 12.3 Å². The molecule has 2 heterocycles. The molecule has 1 N–H and O–H groups in total. The molecule has 0 aliphatic heterocycles. The monoisotopic (exact) mass is 287 g/mol. The topological polar surface area (TPSA) is 46.3 Å². The van der Waals surface area contributed by atoms with Gasteiger partial charge in [0.15, 0.2) is 0 Å². The Hall–Kier alpha value is -1.84. The minimum atomic E-state index is -0.636. The number of furan rings is 1. The van der Waals surface area contributed by atoms with Gasteiger partial charge >= 0.3 is 0 Å². The van der Waals surface area contributed by atoms with Crippen LogP contribution in [-0.2, 0) is 6.42 Å². The predicted molar refractivity (Wildman–Crippen MR) is 78.7 cm³/mol. The van der Waals surface area contributed by atoms with Crippen LogP contribution < -0.4 is 0 Å². The summed E-state index contributed by atoms with van der Waals surface area (Å²) in [7, 11) is 0. The van der Waals surface area contributed by atoms with E-state index in [4.69, 9.17) is 16.0 Å². The summed E-state index contributed by atoms with van der Waals surface area (Å²) in [4.78, 5) is 4.24. The van der Waals surface area contributed by atoms with E-state index in [0.29, 0.717) is 23.6 Å². The number of pyridine rings is 1. The molecule has 2 aromatic heterocycles. The molecule has 0 aliphatic carbocycles. The summed E-state index contributed by atoms with van der Waals surface area (Å²) in [5.41, 5.74) is 1.70. The molecule has 3 rings (SSSR count). The van der Waals surface area contributed by atoms with Gasteiger partial charge in [-0.3, -0.25) is 4.98 Å². The van der Waals surface area contributed by atoms with Crippen LogP contribution in [0.15, 0.2) is 53.1 Å². The van der Waals surface area contributed by atoms with E-state index < -0.39 is 6.10 Å². The van der Waals surface area contributed by atoms with Crippen molar-refractivity contribution in [2.45, 2.75) is 18.9 Å². The lowest BCUT2D eigenvalue weighted by Crippen LogP contribution is -1.99. The summed E-state index contributed by atoms with van der Waals surface area (Å²) in [6, 6.07) is 13.0. The Morgan fingerprint density at radius 1 is 1.20 bits per heavy atom. The van der Waals surface area contributed by atoms with E-state index in [1.807, 2.05) is 36.4 Å². The number of fused-ring (bicyclic) bond motifs is 1. The maximum absolute atomic E-state index is 10.2. The third-order valence-corrected chi connectivity index (χ3v) is 3.46. The summed E-state index contributed by atoms with van der Waals surface area (Å²) in [6.07, 6.45) is 2.40. The molecular weight excluding hydrogens is 274 g/mol. The molecule has 0 amide bonds. The van der Waals surface area contributed by atoms with Crippen molar-refractivity contribution in [1.82, 2.24) is 4.98 Å².